The van der Waals surface area contributed by atoms with Crippen molar-refractivity contribution in [3.8, 4) is 5.75 Å². The van der Waals surface area contributed by atoms with Crippen molar-refractivity contribution >= 4 is 54.0 Å². The zero-order valence-corrected chi connectivity index (χ0v) is 25.2. The van der Waals surface area contributed by atoms with Gasteiger partial charge in [0, 0.05) is 5.39 Å². The van der Waals surface area contributed by atoms with Gasteiger partial charge in [-0.1, -0.05) is 67.5 Å². The maximum absolute atomic E-state index is 13.9. The second-order valence-electron chi connectivity index (χ2n) is 12.3. The number of fused-ring (bicyclic) bond motifs is 4. The second-order valence-corrected chi connectivity index (χ2v) is 12.3. The van der Waals surface area contributed by atoms with Crippen LogP contribution in [0.15, 0.2) is 77.4 Å². The summed E-state index contributed by atoms with van der Waals surface area (Å²) in [4.78, 5) is 28.7. The Bertz CT molecular complexity index is 1690. The average Bonchev–Trinajstić information content (AvgIpc) is 3.29. The predicted octanol–water partition coefficient (Wildman–Crippen LogP) is 3.18. The van der Waals surface area contributed by atoms with E-state index in [2.05, 4.69) is 13.0 Å². The van der Waals surface area contributed by atoms with Gasteiger partial charge in [0.2, 0.25) is 11.8 Å². The number of aliphatic hydroxyl groups excluding tert-OH is 1. The molecule has 2 amide bonds. The van der Waals surface area contributed by atoms with Gasteiger partial charge in [0.15, 0.2) is 0 Å². The van der Waals surface area contributed by atoms with Gasteiger partial charge in [-0.25, -0.2) is 0 Å². The van der Waals surface area contributed by atoms with Crippen LogP contribution in [-0.4, -0.2) is 64.0 Å². The number of benzene rings is 3. The molecule has 11 heteroatoms. The van der Waals surface area contributed by atoms with Crippen molar-refractivity contribution < 1.29 is 39.5 Å². The van der Waals surface area contributed by atoms with Crippen molar-refractivity contribution in [3.63, 3.8) is 0 Å². The fourth-order valence-corrected chi connectivity index (χ4v) is 7.55. The van der Waals surface area contributed by atoms with Crippen LogP contribution in [0.5, 0.6) is 5.75 Å². The smallest absolute Gasteiger partial charge is 0.488 e. The number of aromatic hydroxyl groups is 1. The Hall–Kier alpha value is -3.73. The molecule has 0 unspecified atom stereocenters. The molecule has 2 heterocycles. The molecule has 3 aliphatic rings. The number of hydrogen-bond donors (Lipinski definition) is 5. The highest BCUT2D eigenvalue weighted by molar-refractivity contribution is 6.58. The van der Waals surface area contributed by atoms with Crippen molar-refractivity contribution in [3.05, 3.63) is 82.9 Å². The number of hydrogen-bond acceptors (Lipinski definition) is 8. The Labute approximate surface area is 262 Å². The van der Waals surface area contributed by atoms with Gasteiger partial charge in [-0.05, 0) is 83.7 Å². The van der Waals surface area contributed by atoms with E-state index in [1.165, 1.54) is 17.7 Å². The lowest BCUT2D eigenvalue weighted by atomic mass is 9.58. The Morgan fingerprint density at radius 2 is 1.80 bits per heavy atom. The van der Waals surface area contributed by atoms with Crippen LogP contribution >= 0.6 is 0 Å². The van der Waals surface area contributed by atoms with Crippen molar-refractivity contribution in [1.82, 2.24) is 0 Å². The van der Waals surface area contributed by atoms with Crippen molar-refractivity contribution in [2.45, 2.75) is 51.5 Å². The molecule has 0 saturated carbocycles. The monoisotopic (exact) mass is 609 g/mol. The summed E-state index contributed by atoms with van der Waals surface area (Å²) in [5.41, 5.74) is 4.08. The Balaban J connectivity index is 1.29. The van der Waals surface area contributed by atoms with Crippen LogP contribution in [0.25, 0.3) is 16.8 Å². The molecule has 0 spiro atoms. The topological polar surface area (TPSA) is 148 Å². The van der Waals surface area contributed by atoms with E-state index in [0.29, 0.717) is 18.4 Å². The maximum atomic E-state index is 13.9. The third-order valence-corrected chi connectivity index (χ3v) is 9.52. The van der Waals surface area contributed by atoms with Crippen molar-refractivity contribution in [1.29, 1.82) is 0 Å². The number of carbonyl (C=O) groups is 2. The zero-order chi connectivity index (χ0) is 31.8. The van der Waals surface area contributed by atoms with E-state index in [4.69, 9.17) is 4.65 Å². The van der Waals surface area contributed by atoms with Crippen molar-refractivity contribution in [2.24, 2.45) is 17.8 Å². The first-order valence-electron chi connectivity index (χ1n) is 15.6. The van der Waals surface area contributed by atoms with Gasteiger partial charge in [0.05, 0.1) is 30.2 Å². The molecule has 2 saturated heterocycles. The molecule has 2 fully saturated rings. The van der Waals surface area contributed by atoms with Gasteiger partial charge < -0.3 is 29.9 Å². The minimum Gasteiger partial charge on any atom is -0.507 e. The van der Waals surface area contributed by atoms with Gasteiger partial charge in [-0.15, -0.1) is 0 Å². The number of anilines is 1. The lowest BCUT2D eigenvalue weighted by Crippen LogP contribution is -2.46. The standard InChI is InChI=1S/C34H37B2NO8/c1-2-6-20(15-21-12-13-29(39)26-10-4-3-9-25(21)26)11-14-30-31-22(19-38)16-27-32(28(31)18-35(42)45-30)34(41)37(33(27)40)24-8-5-7-23(17-24)36(43)44/h3-5,7-10,12-13,15,17,27-28,30,32,38-39,42-44H,2,6,11,14,16,18-19H2,1H3/b20-15+/t27-,28+,30-,32-/m1/s1. The summed E-state index contributed by atoms with van der Waals surface area (Å²) in [7, 11) is -2.88. The lowest BCUT2D eigenvalue weighted by Gasteiger charge is -2.43. The maximum Gasteiger partial charge on any atom is 0.488 e. The van der Waals surface area contributed by atoms with Gasteiger partial charge in [0.1, 0.15) is 5.75 Å². The number of allylic oxidation sites excluding steroid dienone is 1. The number of imide groups is 1. The van der Waals surface area contributed by atoms with Crippen LogP contribution in [-0.2, 0) is 14.2 Å². The molecule has 0 aromatic heterocycles. The summed E-state index contributed by atoms with van der Waals surface area (Å²) in [6.45, 7) is 1.83. The molecule has 0 bridgehead atoms. The molecular weight excluding hydrogens is 572 g/mol. The fraction of sp³-hybridized carbons (Fsp3) is 0.353. The molecule has 3 aromatic carbocycles. The van der Waals surface area contributed by atoms with E-state index >= 15 is 0 Å². The number of rotatable bonds is 9. The van der Waals surface area contributed by atoms with E-state index in [1.54, 1.807) is 18.2 Å². The minimum atomic E-state index is -1.75. The number of amides is 2. The molecule has 6 rings (SSSR count). The molecule has 45 heavy (non-hydrogen) atoms. The highest BCUT2D eigenvalue weighted by Gasteiger charge is 2.57. The van der Waals surface area contributed by atoms with Crippen LogP contribution in [0.1, 0.15) is 44.6 Å². The molecule has 3 aromatic rings. The highest BCUT2D eigenvalue weighted by atomic mass is 16.5. The number of aliphatic hydroxyl groups is 1. The first kappa shape index (κ1) is 31.3. The third-order valence-electron chi connectivity index (χ3n) is 9.52. The first-order valence-corrected chi connectivity index (χ1v) is 15.6. The lowest BCUT2D eigenvalue weighted by molar-refractivity contribution is -0.122. The van der Waals surface area contributed by atoms with Gasteiger partial charge in [-0.3, -0.25) is 14.5 Å². The molecule has 5 N–H and O–H groups in total. The van der Waals surface area contributed by atoms with Crippen LogP contribution in [0.4, 0.5) is 5.69 Å². The normalized spacial score (nSPS) is 23.5. The van der Waals surface area contributed by atoms with Crippen LogP contribution in [0.2, 0.25) is 6.32 Å². The molecular formula is C34H37B2NO8. The van der Waals surface area contributed by atoms with Crippen molar-refractivity contribution in [2.75, 3.05) is 11.5 Å². The molecule has 1 aliphatic carbocycles. The molecule has 9 nitrogen and oxygen atoms in total. The summed E-state index contributed by atoms with van der Waals surface area (Å²) >= 11 is 0. The molecule has 2 aliphatic heterocycles. The van der Waals surface area contributed by atoms with Crippen LogP contribution in [0, 0.1) is 17.8 Å². The number of carbonyl (C=O) groups excluding carboxylic acids is 2. The SMILES string of the molecule is CCC/C(=C\c1ccc(O)c2ccccc12)CC[C@H]1OB(O)C[C@H]2C1=C(CO)C[C@H]1C(=O)N(c3cccc(B(O)O)c3)C(=O)[C@H]12. The quantitative estimate of drug-likeness (QED) is 0.141. The van der Waals surface area contributed by atoms with E-state index < -0.39 is 49.9 Å². The van der Waals surface area contributed by atoms with E-state index in [-0.39, 0.29) is 36.2 Å². The first-order chi connectivity index (χ1) is 21.7. The predicted molar refractivity (Wildman–Crippen MR) is 173 cm³/mol. The molecule has 4 atom stereocenters. The van der Waals surface area contributed by atoms with E-state index in [0.717, 1.165) is 39.7 Å². The van der Waals surface area contributed by atoms with Crippen LogP contribution in [0.3, 0.4) is 0 Å². The zero-order valence-electron chi connectivity index (χ0n) is 25.2. The summed E-state index contributed by atoms with van der Waals surface area (Å²) in [5.74, 6) is -2.46. The highest BCUT2D eigenvalue weighted by Crippen LogP contribution is 2.51. The Kier molecular flexibility index (Phi) is 8.99. The van der Waals surface area contributed by atoms with Gasteiger partial charge in [0.25, 0.3) is 0 Å². The Morgan fingerprint density at radius 1 is 1.02 bits per heavy atom. The average molecular weight is 609 g/mol. The number of phenols is 1. The molecule has 0 radical (unpaired) electrons. The number of nitrogens with zero attached hydrogens (tertiary/aromatic N) is 1. The summed E-state index contributed by atoms with van der Waals surface area (Å²) in [5, 5.41) is 52.7. The number of phenolic OH excluding ortho intramolecular Hbond substituents is 1. The van der Waals surface area contributed by atoms with E-state index in [9.17, 15) is 34.9 Å². The summed E-state index contributed by atoms with van der Waals surface area (Å²) in [6.07, 6.45) is 4.89. The minimum absolute atomic E-state index is 0.135. The van der Waals surface area contributed by atoms with E-state index in [1.807, 2.05) is 30.3 Å². The Morgan fingerprint density at radius 3 is 2.53 bits per heavy atom. The van der Waals surface area contributed by atoms with Crippen LogP contribution < -0.4 is 10.4 Å². The second kappa shape index (κ2) is 12.9. The van der Waals surface area contributed by atoms with Gasteiger partial charge >= 0.3 is 14.2 Å². The third kappa shape index (κ3) is 5.87. The largest absolute Gasteiger partial charge is 0.507 e. The summed E-state index contributed by atoms with van der Waals surface area (Å²) < 4.78 is 6.08. The molecule has 232 valence electrons. The fourth-order valence-electron chi connectivity index (χ4n) is 7.55. The summed E-state index contributed by atoms with van der Waals surface area (Å²) in [6, 6.07) is 17.4. The van der Waals surface area contributed by atoms with Gasteiger partial charge in [-0.2, -0.15) is 0 Å².